The number of urea groups is 1. The van der Waals surface area contributed by atoms with Crippen molar-refractivity contribution in [1.82, 2.24) is 25.5 Å². The molecule has 1 aliphatic rings. The second kappa shape index (κ2) is 6.31. The van der Waals surface area contributed by atoms with E-state index >= 15 is 0 Å². The lowest BCUT2D eigenvalue weighted by atomic mass is 10.1. The number of amides is 2. The number of rotatable bonds is 3. The number of hydrogen-bond donors (Lipinski definition) is 2. The van der Waals surface area contributed by atoms with Crippen LogP contribution in [0.3, 0.4) is 0 Å². The van der Waals surface area contributed by atoms with Gasteiger partial charge in [-0.15, -0.1) is 5.10 Å². The summed E-state index contributed by atoms with van der Waals surface area (Å²) in [5.41, 5.74) is 3.09. The molecule has 3 aromatic rings. The molecule has 0 unspecified atom stereocenters. The molecule has 2 amide bonds. The van der Waals surface area contributed by atoms with Gasteiger partial charge in [0.2, 0.25) is 0 Å². The normalized spacial score (nSPS) is 13.5. The lowest BCUT2D eigenvalue weighted by molar-refractivity contribution is 0.248. The van der Waals surface area contributed by atoms with Gasteiger partial charge in [-0.1, -0.05) is 24.3 Å². The van der Waals surface area contributed by atoms with E-state index < -0.39 is 11.8 Å². The maximum atomic E-state index is 14.0. The summed E-state index contributed by atoms with van der Waals surface area (Å²) in [5.74, 6) is -0.526. The van der Waals surface area contributed by atoms with Crippen LogP contribution >= 0.6 is 0 Å². The molecule has 1 aliphatic carbocycles. The molecule has 0 aliphatic heterocycles. The number of carbonyl (C=O) groups is 1. The number of halogens is 1. The molecule has 2 aromatic carbocycles. The van der Waals surface area contributed by atoms with Gasteiger partial charge in [0.25, 0.3) is 0 Å². The van der Waals surface area contributed by atoms with E-state index in [0.717, 1.165) is 12.8 Å². The number of tetrazole rings is 1. The Hall–Kier alpha value is -3.29. The lowest BCUT2D eigenvalue weighted by Crippen LogP contribution is -2.38. The Morgan fingerprint density at radius 1 is 1.16 bits per heavy atom. The Kier molecular flexibility index (Phi) is 3.85. The van der Waals surface area contributed by atoms with Gasteiger partial charge in [-0.05, 0) is 52.6 Å². The minimum absolute atomic E-state index is 0.00293. The average Bonchev–Trinajstić information content (AvgIpc) is 3.25. The monoisotopic (exact) mass is 338 g/mol. The maximum Gasteiger partial charge on any atom is 0.319 e. The first-order valence-corrected chi connectivity index (χ1v) is 7.86. The van der Waals surface area contributed by atoms with Crippen LogP contribution in [-0.4, -0.2) is 32.3 Å². The highest BCUT2D eigenvalue weighted by molar-refractivity contribution is 5.90. The van der Waals surface area contributed by atoms with Crippen LogP contribution in [0.2, 0.25) is 0 Å². The first kappa shape index (κ1) is 15.3. The van der Waals surface area contributed by atoms with E-state index in [-0.39, 0.29) is 11.7 Å². The zero-order valence-electron chi connectivity index (χ0n) is 13.2. The van der Waals surface area contributed by atoms with Crippen molar-refractivity contribution >= 4 is 11.7 Å². The minimum Gasteiger partial charge on any atom is -0.334 e. The zero-order valence-corrected chi connectivity index (χ0v) is 13.2. The van der Waals surface area contributed by atoms with Gasteiger partial charge in [0.15, 0.2) is 0 Å². The highest BCUT2D eigenvalue weighted by Gasteiger charge is 2.22. The van der Waals surface area contributed by atoms with Gasteiger partial charge in [0, 0.05) is 6.04 Å². The number of nitrogens with zero attached hydrogens (tertiary/aromatic N) is 4. The van der Waals surface area contributed by atoms with Crippen molar-refractivity contribution in [2.24, 2.45) is 0 Å². The molecule has 0 bridgehead atoms. The predicted octanol–water partition coefficient (Wildman–Crippen LogP) is 2.09. The number of hydrogen-bond acceptors (Lipinski definition) is 4. The van der Waals surface area contributed by atoms with Gasteiger partial charge in [-0.2, -0.15) is 0 Å². The van der Waals surface area contributed by atoms with Gasteiger partial charge in [-0.3, -0.25) is 0 Å². The summed E-state index contributed by atoms with van der Waals surface area (Å²) in [5, 5.41) is 16.3. The Morgan fingerprint density at radius 2 is 1.92 bits per heavy atom. The molecule has 8 heteroatoms. The summed E-state index contributed by atoms with van der Waals surface area (Å²) in [6.45, 7) is 0. The van der Waals surface area contributed by atoms with Crippen molar-refractivity contribution < 1.29 is 9.18 Å². The first-order valence-electron chi connectivity index (χ1n) is 7.86. The van der Waals surface area contributed by atoms with Gasteiger partial charge in [-0.25, -0.2) is 13.9 Å². The van der Waals surface area contributed by atoms with Crippen LogP contribution in [0.15, 0.2) is 48.8 Å². The van der Waals surface area contributed by atoms with E-state index in [1.165, 1.54) is 40.3 Å². The third kappa shape index (κ3) is 3.18. The number of aromatic nitrogens is 4. The van der Waals surface area contributed by atoms with E-state index in [4.69, 9.17) is 0 Å². The van der Waals surface area contributed by atoms with Crippen molar-refractivity contribution in [2.75, 3.05) is 5.32 Å². The molecule has 0 saturated heterocycles. The van der Waals surface area contributed by atoms with Crippen LogP contribution < -0.4 is 10.6 Å². The van der Waals surface area contributed by atoms with Gasteiger partial charge in [0.05, 0.1) is 11.4 Å². The van der Waals surface area contributed by atoms with Crippen LogP contribution in [0.4, 0.5) is 14.9 Å². The number of fused-ring (bicyclic) bond motifs is 1. The Labute approximate surface area is 142 Å². The maximum absolute atomic E-state index is 14.0. The standard InChI is InChI=1S/C17H15FN6O/c18-15-6-5-14(24-10-19-22-23-24)9-16(15)21-17(25)20-13-7-11-3-1-2-4-12(11)8-13/h1-6,9-10,13H,7-8H2,(H2,20,21,25). The number of benzene rings is 2. The van der Waals surface area contributed by atoms with Gasteiger partial charge >= 0.3 is 6.03 Å². The molecule has 1 heterocycles. The summed E-state index contributed by atoms with van der Waals surface area (Å²) < 4.78 is 15.4. The minimum atomic E-state index is -0.526. The first-order chi connectivity index (χ1) is 12.2. The van der Waals surface area contributed by atoms with E-state index in [1.807, 2.05) is 12.1 Å². The Morgan fingerprint density at radius 3 is 2.60 bits per heavy atom. The molecule has 1 aromatic heterocycles. The van der Waals surface area contributed by atoms with Crippen molar-refractivity contribution in [1.29, 1.82) is 0 Å². The predicted molar refractivity (Wildman–Crippen MR) is 88.9 cm³/mol. The van der Waals surface area contributed by atoms with Crippen molar-refractivity contribution in [3.63, 3.8) is 0 Å². The van der Waals surface area contributed by atoms with E-state index in [9.17, 15) is 9.18 Å². The lowest BCUT2D eigenvalue weighted by Gasteiger charge is -2.14. The van der Waals surface area contributed by atoms with Gasteiger partial charge < -0.3 is 10.6 Å². The summed E-state index contributed by atoms with van der Waals surface area (Å²) in [4.78, 5) is 12.2. The third-order valence-corrected chi connectivity index (χ3v) is 4.20. The molecular weight excluding hydrogens is 323 g/mol. The molecule has 0 spiro atoms. The summed E-state index contributed by atoms with van der Waals surface area (Å²) in [6, 6.07) is 11.9. The van der Waals surface area contributed by atoms with E-state index in [2.05, 4.69) is 38.3 Å². The fourth-order valence-electron chi connectivity index (χ4n) is 3.04. The van der Waals surface area contributed by atoms with E-state index in [0.29, 0.717) is 5.69 Å². The fraction of sp³-hybridized carbons (Fsp3) is 0.176. The summed E-state index contributed by atoms with van der Waals surface area (Å²) in [7, 11) is 0. The second-order valence-electron chi connectivity index (χ2n) is 5.89. The fourth-order valence-corrected chi connectivity index (χ4v) is 3.04. The average molecular weight is 338 g/mol. The quantitative estimate of drug-likeness (QED) is 0.766. The van der Waals surface area contributed by atoms with Gasteiger partial charge in [0.1, 0.15) is 12.1 Å². The largest absolute Gasteiger partial charge is 0.334 e. The van der Waals surface area contributed by atoms with Crippen LogP contribution in [0.5, 0.6) is 0 Å². The van der Waals surface area contributed by atoms with Crippen molar-refractivity contribution in [2.45, 2.75) is 18.9 Å². The molecular formula is C17H15FN6O. The van der Waals surface area contributed by atoms with Crippen LogP contribution in [-0.2, 0) is 12.8 Å². The van der Waals surface area contributed by atoms with E-state index in [1.54, 1.807) is 0 Å². The highest BCUT2D eigenvalue weighted by Crippen LogP contribution is 2.22. The molecule has 7 nitrogen and oxygen atoms in total. The summed E-state index contributed by atoms with van der Waals surface area (Å²) in [6.07, 6.45) is 2.94. The Balaban J connectivity index is 1.44. The molecule has 2 N–H and O–H groups in total. The Bertz CT molecular complexity index is 886. The topological polar surface area (TPSA) is 84.7 Å². The number of anilines is 1. The third-order valence-electron chi connectivity index (χ3n) is 4.20. The SMILES string of the molecule is O=C(Nc1cc(-n2cnnn2)ccc1F)NC1Cc2ccccc2C1. The van der Waals surface area contributed by atoms with Crippen LogP contribution in [0.1, 0.15) is 11.1 Å². The molecule has 4 rings (SSSR count). The smallest absolute Gasteiger partial charge is 0.319 e. The second-order valence-corrected chi connectivity index (χ2v) is 5.89. The van der Waals surface area contributed by atoms with Crippen LogP contribution in [0, 0.1) is 5.82 Å². The molecule has 0 radical (unpaired) electrons. The molecule has 0 saturated carbocycles. The molecule has 126 valence electrons. The number of carbonyl (C=O) groups excluding carboxylic acids is 1. The molecule has 0 fully saturated rings. The summed E-state index contributed by atoms with van der Waals surface area (Å²) >= 11 is 0. The molecule has 25 heavy (non-hydrogen) atoms. The van der Waals surface area contributed by atoms with Crippen molar-refractivity contribution in [3.8, 4) is 5.69 Å². The van der Waals surface area contributed by atoms with Crippen LogP contribution in [0.25, 0.3) is 5.69 Å². The highest BCUT2D eigenvalue weighted by atomic mass is 19.1. The zero-order chi connectivity index (χ0) is 17.2. The number of nitrogens with one attached hydrogen (secondary N) is 2. The van der Waals surface area contributed by atoms with Crippen molar-refractivity contribution in [3.05, 3.63) is 65.7 Å². The molecule has 0 atom stereocenters.